The molecular weight excluding hydrogens is 398 g/mol. The van der Waals surface area contributed by atoms with Crippen LogP contribution in [0.25, 0.3) is 0 Å². The van der Waals surface area contributed by atoms with Gasteiger partial charge >= 0.3 is 0 Å². The van der Waals surface area contributed by atoms with Crippen LogP contribution in [0.5, 0.6) is 0 Å². The van der Waals surface area contributed by atoms with Gasteiger partial charge in [-0.05, 0) is 24.5 Å². The van der Waals surface area contributed by atoms with E-state index in [1.165, 1.54) is 11.8 Å². The summed E-state index contributed by atoms with van der Waals surface area (Å²) in [4.78, 5) is 12.5. The number of allylic oxidation sites excluding steroid dienone is 1. The lowest BCUT2D eigenvalue weighted by atomic mass is 9.61. The second-order valence-electron chi connectivity index (χ2n) is 6.46. The Morgan fingerprint density at radius 3 is 2.60 bits per heavy atom. The van der Waals surface area contributed by atoms with Crippen molar-refractivity contribution in [3.8, 4) is 12.1 Å². The number of carbonyl (C=O) groups is 1. The molecule has 0 saturated heterocycles. The number of nitriles is 2. The van der Waals surface area contributed by atoms with Crippen LogP contribution in [-0.4, -0.2) is 5.91 Å². The third-order valence-electron chi connectivity index (χ3n) is 5.09. The second-order valence-corrected chi connectivity index (χ2v) is 8.30. The van der Waals surface area contributed by atoms with E-state index in [9.17, 15) is 15.3 Å². The van der Waals surface area contributed by atoms with Gasteiger partial charge in [0.25, 0.3) is 0 Å². The van der Waals surface area contributed by atoms with Crippen molar-refractivity contribution in [2.24, 2.45) is 11.3 Å². The quantitative estimate of drug-likeness (QED) is 0.779. The Morgan fingerprint density at radius 2 is 1.96 bits per heavy atom. The predicted molar refractivity (Wildman–Crippen MR) is 101 cm³/mol. The molecule has 1 atom stereocenters. The summed E-state index contributed by atoms with van der Waals surface area (Å²) >= 11 is 5.00. The van der Waals surface area contributed by atoms with E-state index in [1.54, 1.807) is 0 Å². The fourth-order valence-corrected chi connectivity index (χ4v) is 5.54. The predicted octanol–water partition coefficient (Wildman–Crippen LogP) is 4.64. The van der Waals surface area contributed by atoms with Gasteiger partial charge < -0.3 is 5.32 Å². The monoisotopic (exact) mass is 415 g/mol. The van der Waals surface area contributed by atoms with Gasteiger partial charge in [-0.3, -0.25) is 4.79 Å². The Labute approximate surface area is 160 Å². The van der Waals surface area contributed by atoms with Gasteiger partial charge in [0.2, 0.25) is 5.91 Å². The molecule has 1 aliphatic carbocycles. The number of amides is 1. The molecule has 1 heterocycles. The second kappa shape index (κ2) is 7.64. The lowest BCUT2D eigenvalue weighted by Gasteiger charge is -2.43. The van der Waals surface area contributed by atoms with Gasteiger partial charge in [0.05, 0.1) is 22.7 Å². The summed E-state index contributed by atoms with van der Waals surface area (Å²) < 4.78 is 1.01. The normalized spacial score (nSPS) is 22.2. The van der Waals surface area contributed by atoms with Crippen LogP contribution in [0.2, 0.25) is 0 Å². The van der Waals surface area contributed by atoms with Crippen LogP contribution in [-0.2, 0) is 10.5 Å². The van der Waals surface area contributed by atoms with Gasteiger partial charge in [-0.1, -0.05) is 53.4 Å². The first-order valence-corrected chi connectivity index (χ1v) is 10.1. The maximum atomic E-state index is 12.5. The van der Waals surface area contributed by atoms with Crippen molar-refractivity contribution in [2.45, 2.75) is 37.9 Å². The number of rotatable bonds is 3. The molecule has 6 heteroatoms. The smallest absolute Gasteiger partial charge is 0.243 e. The molecule has 2 aliphatic rings. The fourth-order valence-electron chi connectivity index (χ4n) is 3.81. The van der Waals surface area contributed by atoms with Gasteiger partial charge in [-0.25, -0.2) is 0 Å². The summed E-state index contributed by atoms with van der Waals surface area (Å²) in [5.74, 6) is -0.386. The minimum absolute atomic E-state index is 0.266. The van der Waals surface area contributed by atoms with E-state index in [0.29, 0.717) is 16.4 Å². The largest absolute Gasteiger partial charge is 0.319 e. The molecular formula is C19H18BrN3OS. The van der Waals surface area contributed by atoms with Crippen LogP contribution < -0.4 is 5.32 Å². The Balaban J connectivity index is 1.96. The van der Waals surface area contributed by atoms with Gasteiger partial charge in [-0.2, -0.15) is 10.5 Å². The topological polar surface area (TPSA) is 76.7 Å². The molecule has 4 nitrogen and oxygen atoms in total. The third kappa shape index (κ3) is 3.34. The van der Waals surface area contributed by atoms with Crippen molar-refractivity contribution in [2.75, 3.05) is 0 Å². The molecule has 1 aliphatic heterocycles. The zero-order chi connectivity index (χ0) is 17.9. The Kier molecular flexibility index (Phi) is 5.51. The number of carbonyl (C=O) groups excluding carboxylic acids is 1. The highest BCUT2D eigenvalue weighted by molar-refractivity contribution is 9.10. The van der Waals surface area contributed by atoms with Crippen LogP contribution in [0.1, 0.15) is 37.7 Å². The summed E-state index contributed by atoms with van der Waals surface area (Å²) in [5, 5.41) is 22.9. The average molecular weight is 416 g/mol. The van der Waals surface area contributed by atoms with Crippen LogP contribution in [0, 0.1) is 34.0 Å². The van der Waals surface area contributed by atoms with Crippen LogP contribution in [0.4, 0.5) is 0 Å². The van der Waals surface area contributed by atoms with Crippen molar-refractivity contribution < 1.29 is 4.79 Å². The molecule has 1 aromatic rings. The van der Waals surface area contributed by atoms with Crippen LogP contribution >= 0.6 is 27.7 Å². The fraction of sp³-hybridized carbons (Fsp3) is 0.421. The summed E-state index contributed by atoms with van der Waals surface area (Å²) in [5.41, 5.74) is 1.09. The van der Waals surface area contributed by atoms with E-state index in [1.807, 2.05) is 24.3 Å². The lowest BCUT2D eigenvalue weighted by molar-refractivity contribution is -0.126. The van der Waals surface area contributed by atoms with Crippen molar-refractivity contribution in [1.82, 2.24) is 5.32 Å². The summed E-state index contributed by atoms with van der Waals surface area (Å²) in [6.45, 7) is 0. The summed E-state index contributed by atoms with van der Waals surface area (Å²) in [6.07, 6.45) is 4.48. The zero-order valence-corrected chi connectivity index (χ0v) is 16.1. The molecule has 0 radical (unpaired) electrons. The number of hydrogen-bond acceptors (Lipinski definition) is 4. The number of hydrogen-bond donors (Lipinski definition) is 1. The molecule has 1 spiro atoms. The average Bonchev–Trinajstić information content (AvgIpc) is 2.62. The van der Waals surface area contributed by atoms with Gasteiger partial charge in [0.15, 0.2) is 0 Å². The lowest BCUT2D eigenvalue weighted by Crippen LogP contribution is -2.48. The molecule has 1 saturated carbocycles. The SMILES string of the molecule is N#CC1=C(SCc2ccccc2Br)NC(=O)[C@H](C#N)C12CCCCC2. The first-order valence-electron chi connectivity index (χ1n) is 8.34. The van der Waals surface area contributed by atoms with Crippen molar-refractivity contribution in [3.05, 3.63) is 44.9 Å². The maximum Gasteiger partial charge on any atom is 0.243 e. The van der Waals surface area contributed by atoms with Gasteiger partial charge in [0.1, 0.15) is 5.92 Å². The standard InChI is InChI=1S/C19H18BrN3OS/c20-16-7-3-2-6-13(16)12-25-18-15(11-22)19(8-4-1-5-9-19)14(10-21)17(24)23-18/h2-3,6-7,14H,1,4-5,8-9,12H2,(H,23,24)/t14-/m0/s1. The van der Waals surface area contributed by atoms with Crippen LogP contribution in [0.15, 0.2) is 39.3 Å². The molecule has 1 amide bonds. The number of thioether (sulfide) groups is 1. The van der Waals surface area contributed by atoms with Crippen molar-refractivity contribution >= 4 is 33.6 Å². The molecule has 25 heavy (non-hydrogen) atoms. The maximum absolute atomic E-state index is 12.5. The summed E-state index contributed by atoms with van der Waals surface area (Å²) in [7, 11) is 0. The highest BCUT2D eigenvalue weighted by atomic mass is 79.9. The first kappa shape index (κ1) is 18.0. The highest BCUT2D eigenvalue weighted by Gasteiger charge is 2.51. The van der Waals surface area contributed by atoms with Gasteiger partial charge in [-0.15, -0.1) is 11.8 Å². The van der Waals surface area contributed by atoms with E-state index in [0.717, 1.165) is 42.1 Å². The third-order valence-corrected chi connectivity index (χ3v) is 6.92. The van der Waals surface area contributed by atoms with E-state index in [4.69, 9.17) is 0 Å². The molecule has 1 fully saturated rings. The molecule has 3 rings (SSSR count). The summed E-state index contributed by atoms with van der Waals surface area (Å²) in [6, 6.07) is 12.4. The molecule has 0 bridgehead atoms. The van der Waals surface area contributed by atoms with E-state index < -0.39 is 11.3 Å². The minimum atomic E-state index is -0.768. The number of nitrogens with zero attached hydrogens (tertiary/aromatic N) is 2. The van der Waals surface area contributed by atoms with Crippen LogP contribution in [0.3, 0.4) is 0 Å². The molecule has 0 unspecified atom stereocenters. The highest BCUT2D eigenvalue weighted by Crippen LogP contribution is 2.52. The minimum Gasteiger partial charge on any atom is -0.319 e. The number of halogens is 1. The van der Waals surface area contributed by atoms with E-state index >= 15 is 0 Å². The van der Waals surface area contributed by atoms with Gasteiger partial charge in [0, 0.05) is 15.6 Å². The molecule has 128 valence electrons. The number of nitrogens with one attached hydrogen (secondary N) is 1. The van der Waals surface area contributed by atoms with Crippen molar-refractivity contribution in [1.29, 1.82) is 10.5 Å². The molecule has 0 aromatic heterocycles. The molecule has 1 N–H and O–H groups in total. The Morgan fingerprint density at radius 1 is 1.24 bits per heavy atom. The van der Waals surface area contributed by atoms with E-state index in [2.05, 4.69) is 33.4 Å². The Bertz CT molecular complexity index is 800. The number of benzene rings is 1. The van der Waals surface area contributed by atoms with Crippen molar-refractivity contribution in [3.63, 3.8) is 0 Å². The Hall–Kier alpha value is -1.76. The zero-order valence-electron chi connectivity index (χ0n) is 13.7. The first-order chi connectivity index (χ1) is 12.1. The van der Waals surface area contributed by atoms with E-state index in [-0.39, 0.29) is 5.91 Å². The molecule has 1 aromatic carbocycles.